The first-order valence-electron chi connectivity index (χ1n) is 9.98. The van der Waals surface area contributed by atoms with E-state index < -0.39 is 0 Å². The molecule has 1 aliphatic rings. The SMILES string of the molecule is CC([N-]C(C)(C)C)[N-]C(C)(C)C.CN(C)CCCCC1CCCC1.[CH3-].[La]. The van der Waals surface area contributed by atoms with Crippen LogP contribution in [-0.2, 0) is 0 Å². The van der Waals surface area contributed by atoms with Crippen LogP contribution in [0, 0.1) is 48.9 Å². The molecule has 0 aliphatic heterocycles. The summed E-state index contributed by atoms with van der Waals surface area (Å²) in [6, 6.07) is 0. The Hall–Kier alpha value is 1.07. The molecule has 0 spiro atoms. The fourth-order valence-electron chi connectivity index (χ4n) is 3.31. The van der Waals surface area contributed by atoms with E-state index in [4.69, 9.17) is 0 Å². The number of nitrogens with zero attached hydrogens (tertiary/aromatic N) is 3. The molecule has 1 rings (SSSR count). The van der Waals surface area contributed by atoms with Crippen molar-refractivity contribution in [3.05, 3.63) is 18.1 Å². The van der Waals surface area contributed by atoms with Gasteiger partial charge in [0.05, 0.1) is 0 Å². The molecule has 0 unspecified atom stereocenters. The summed E-state index contributed by atoms with van der Waals surface area (Å²) < 4.78 is 0. The molecule has 1 radical (unpaired) electrons. The van der Waals surface area contributed by atoms with Gasteiger partial charge in [0.2, 0.25) is 0 Å². The van der Waals surface area contributed by atoms with Gasteiger partial charge in [-0.2, -0.15) is 0 Å². The normalized spacial score (nSPS) is 15.3. The Labute approximate surface area is 194 Å². The van der Waals surface area contributed by atoms with E-state index in [1.54, 1.807) is 0 Å². The zero-order valence-corrected chi connectivity index (χ0v) is 23.4. The first-order valence-corrected chi connectivity index (χ1v) is 9.98. The summed E-state index contributed by atoms with van der Waals surface area (Å²) in [5.41, 5.74) is 0.0440. The Kier molecular flexibility index (Phi) is 19.5. The van der Waals surface area contributed by atoms with Crippen molar-refractivity contribution in [2.45, 2.75) is 111 Å². The second kappa shape index (κ2) is 15.9. The molecule has 0 amide bonds. The van der Waals surface area contributed by atoms with Crippen molar-refractivity contribution < 1.29 is 35.6 Å². The molecule has 0 bridgehead atoms. The van der Waals surface area contributed by atoms with Crippen LogP contribution in [-0.4, -0.2) is 42.8 Å². The van der Waals surface area contributed by atoms with Crippen molar-refractivity contribution in [3.8, 4) is 0 Å². The van der Waals surface area contributed by atoms with Crippen LogP contribution in [0.1, 0.15) is 93.4 Å². The second-order valence-corrected chi connectivity index (χ2v) is 9.68. The average Bonchev–Trinajstić information content (AvgIpc) is 2.83. The van der Waals surface area contributed by atoms with E-state index in [0.717, 1.165) is 5.92 Å². The number of rotatable bonds is 7. The van der Waals surface area contributed by atoms with Crippen LogP contribution in [0.5, 0.6) is 0 Å². The molecule has 0 N–H and O–H groups in total. The van der Waals surface area contributed by atoms with Gasteiger partial charge >= 0.3 is 0 Å². The second-order valence-electron chi connectivity index (χ2n) is 9.68. The monoisotopic (exact) mass is 493 g/mol. The number of hydrogen-bond acceptors (Lipinski definition) is 1. The minimum atomic E-state index is 0. The summed E-state index contributed by atoms with van der Waals surface area (Å²) >= 11 is 0. The van der Waals surface area contributed by atoms with E-state index in [9.17, 15) is 0 Å². The van der Waals surface area contributed by atoms with E-state index in [2.05, 4.69) is 71.2 Å². The van der Waals surface area contributed by atoms with Gasteiger partial charge in [-0.05, 0) is 33.0 Å². The molecule has 0 aromatic rings. The Morgan fingerprint density at radius 3 is 1.65 bits per heavy atom. The van der Waals surface area contributed by atoms with Crippen LogP contribution in [0.4, 0.5) is 0 Å². The van der Waals surface area contributed by atoms with Crippen LogP contribution in [0.2, 0.25) is 0 Å². The van der Waals surface area contributed by atoms with E-state index >= 15 is 0 Å². The van der Waals surface area contributed by atoms with Crippen LogP contribution in [0.3, 0.4) is 0 Å². The van der Waals surface area contributed by atoms with Crippen molar-refractivity contribution in [2.24, 2.45) is 5.92 Å². The minimum absolute atomic E-state index is 0. The molecule has 1 saturated carbocycles. The van der Waals surface area contributed by atoms with Gasteiger partial charge in [0, 0.05) is 35.6 Å². The van der Waals surface area contributed by atoms with E-state index in [-0.39, 0.29) is 60.3 Å². The Bertz CT molecular complexity index is 283. The predicted molar refractivity (Wildman–Crippen MR) is 116 cm³/mol. The third-order valence-electron chi connectivity index (χ3n) is 4.09. The maximum absolute atomic E-state index is 4.53. The Morgan fingerprint density at radius 1 is 0.885 bits per heavy atom. The van der Waals surface area contributed by atoms with Crippen LogP contribution < -0.4 is 0 Å². The largest absolute Gasteiger partial charge is 0.673 e. The molecule has 1 aliphatic carbocycles. The molecule has 0 aromatic carbocycles. The third kappa shape index (κ3) is 23.1. The van der Waals surface area contributed by atoms with Crippen molar-refractivity contribution in [3.63, 3.8) is 0 Å². The molecule has 0 atom stereocenters. The molecule has 4 heteroatoms. The molecule has 26 heavy (non-hydrogen) atoms. The van der Waals surface area contributed by atoms with Crippen LogP contribution in [0.15, 0.2) is 0 Å². The van der Waals surface area contributed by atoms with Gasteiger partial charge in [-0.15, -0.1) is 18.0 Å². The fourth-order valence-corrected chi connectivity index (χ4v) is 3.31. The average molecular weight is 494 g/mol. The van der Waals surface area contributed by atoms with Crippen molar-refractivity contribution >= 4 is 0 Å². The van der Waals surface area contributed by atoms with Gasteiger partial charge in [-0.1, -0.05) is 80.1 Å². The van der Waals surface area contributed by atoms with Crippen molar-refractivity contribution in [1.82, 2.24) is 4.90 Å². The molecule has 0 saturated heterocycles. The Balaban J connectivity index is -0.000000378. The molecule has 0 aromatic heterocycles. The summed E-state index contributed by atoms with van der Waals surface area (Å²) in [4.78, 5) is 2.29. The topological polar surface area (TPSA) is 31.4 Å². The van der Waals surface area contributed by atoms with Crippen LogP contribution >= 0.6 is 0 Å². The van der Waals surface area contributed by atoms with Gasteiger partial charge in [0.15, 0.2) is 0 Å². The zero-order valence-electron chi connectivity index (χ0n) is 19.7. The first kappa shape index (κ1) is 31.8. The molecule has 0 heterocycles. The molecular formula is C22H48LaN3-3. The van der Waals surface area contributed by atoms with Gasteiger partial charge < -0.3 is 23.0 Å². The maximum atomic E-state index is 4.53. The Morgan fingerprint density at radius 2 is 1.31 bits per heavy atom. The maximum Gasteiger partial charge on any atom is 0 e. The number of unbranched alkanes of at least 4 members (excludes halogenated alkanes) is 1. The summed E-state index contributed by atoms with van der Waals surface area (Å²) in [6.07, 6.45) is 10.5. The van der Waals surface area contributed by atoms with Gasteiger partial charge in [-0.3, -0.25) is 0 Å². The first-order chi connectivity index (χ1) is 10.9. The third-order valence-corrected chi connectivity index (χ3v) is 4.09. The molecular weight excluding hydrogens is 445 g/mol. The summed E-state index contributed by atoms with van der Waals surface area (Å²) in [6.45, 7) is 15.9. The van der Waals surface area contributed by atoms with E-state index in [1.165, 1.54) is 51.5 Å². The van der Waals surface area contributed by atoms with Gasteiger partial charge in [0.25, 0.3) is 0 Å². The molecule has 1 fully saturated rings. The van der Waals surface area contributed by atoms with E-state index in [0.29, 0.717) is 0 Å². The number of hydrogen-bond donors (Lipinski definition) is 0. The summed E-state index contributed by atoms with van der Waals surface area (Å²) in [7, 11) is 4.32. The van der Waals surface area contributed by atoms with Crippen molar-refractivity contribution in [2.75, 3.05) is 20.6 Å². The summed E-state index contributed by atoms with van der Waals surface area (Å²) in [5, 5.41) is 9.06. The molecule has 157 valence electrons. The molecule has 3 nitrogen and oxygen atoms in total. The fraction of sp³-hybridized carbons (Fsp3) is 0.955. The van der Waals surface area contributed by atoms with Crippen LogP contribution in [0.25, 0.3) is 10.6 Å². The standard InChI is InChI=1S/C11H23N.C10H22N2.CH3.La/c1-12(2)10-6-5-9-11-7-3-4-8-11;1-8(11-9(2,3)4)12-10(5,6)7;;/h11H,3-10H2,1-2H3;8H,1-7H3;1H3;/q;-2;-1;. The van der Waals surface area contributed by atoms with E-state index in [1.807, 2.05) is 6.92 Å². The predicted octanol–water partition coefficient (Wildman–Crippen LogP) is 7.04. The van der Waals surface area contributed by atoms with Gasteiger partial charge in [-0.25, -0.2) is 6.17 Å². The summed E-state index contributed by atoms with van der Waals surface area (Å²) in [5.74, 6) is 1.09. The van der Waals surface area contributed by atoms with Crippen molar-refractivity contribution in [1.29, 1.82) is 0 Å². The smallest absolute Gasteiger partial charge is 0 e. The van der Waals surface area contributed by atoms with Gasteiger partial charge in [0.1, 0.15) is 0 Å². The zero-order chi connectivity index (χ0) is 18.8. The minimum Gasteiger partial charge on any atom is -0.673 e. The quantitative estimate of drug-likeness (QED) is 0.277.